The molecule has 1 amide bonds. The largest absolute Gasteiger partial charge is 0.444 e. The van der Waals surface area contributed by atoms with E-state index >= 15 is 0 Å². The molecule has 25 heavy (non-hydrogen) atoms. The first kappa shape index (κ1) is 20.2. The second-order valence-corrected chi connectivity index (χ2v) is 8.80. The van der Waals surface area contributed by atoms with Crippen molar-refractivity contribution in [3.8, 4) is 0 Å². The van der Waals surface area contributed by atoms with E-state index in [1.54, 1.807) is 0 Å². The zero-order valence-corrected chi connectivity index (χ0v) is 17.7. The number of halogens is 1. The quantitative estimate of drug-likeness (QED) is 0.688. The Morgan fingerprint density at radius 1 is 1.24 bits per heavy atom. The average molecular weight is 460 g/mol. The first-order valence-corrected chi connectivity index (χ1v) is 10.0. The molecule has 1 saturated carbocycles. The zero-order chi connectivity index (χ0) is 18.4. The minimum atomic E-state index is -0.474. The van der Waals surface area contributed by atoms with Crippen LogP contribution in [0.5, 0.6) is 0 Å². The van der Waals surface area contributed by atoms with Crippen LogP contribution in [0.3, 0.4) is 0 Å². The number of hydrogen-bond donors (Lipinski definition) is 1. The number of carbonyl (C=O) groups excluding carboxylic acids is 1. The van der Waals surface area contributed by atoms with E-state index < -0.39 is 5.60 Å². The molecule has 7 heteroatoms. The van der Waals surface area contributed by atoms with Crippen molar-refractivity contribution in [3.05, 3.63) is 15.8 Å². The maximum Gasteiger partial charge on any atom is 0.407 e. The highest BCUT2D eigenvalue weighted by atomic mass is 127. The van der Waals surface area contributed by atoms with E-state index in [0.717, 1.165) is 35.2 Å². The molecule has 140 valence electrons. The standard InChI is InChI=1S/C18H29IN4O2/c1-18(2,3)25-17(24)20-13-8-6-5-7-9-14(12-13)23(4)16-11-10-15(19)21-22-16/h10-11,13-14H,5-9,12H2,1-4H3,(H,20,24)/t13?,14-/m0/s1. The number of ether oxygens (including phenoxy) is 1. The van der Waals surface area contributed by atoms with Gasteiger partial charge in [0.25, 0.3) is 0 Å². The predicted molar refractivity (Wildman–Crippen MR) is 108 cm³/mol. The lowest BCUT2D eigenvalue weighted by molar-refractivity contribution is 0.0494. The first-order valence-electron chi connectivity index (χ1n) is 8.96. The maximum absolute atomic E-state index is 12.1. The fourth-order valence-corrected chi connectivity index (χ4v) is 3.44. The van der Waals surface area contributed by atoms with Crippen LogP contribution in [0.4, 0.5) is 10.6 Å². The van der Waals surface area contributed by atoms with Crippen LogP contribution in [0, 0.1) is 3.70 Å². The van der Waals surface area contributed by atoms with E-state index in [9.17, 15) is 4.79 Å². The van der Waals surface area contributed by atoms with Gasteiger partial charge in [0.15, 0.2) is 5.82 Å². The van der Waals surface area contributed by atoms with Gasteiger partial charge < -0.3 is 15.0 Å². The SMILES string of the molecule is CN(c1ccc(I)nn1)[C@H]1CCCCCC(NC(=O)OC(C)(C)C)C1. The summed E-state index contributed by atoms with van der Waals surface area (Å²) >= 11 is 2.16. The Hall–Kier alpha value is -1.12. The van der Waals surface area contributed by atoms with E-state index in [2.05, 4.69) is 50.1 Å². The average Bonchev–Trinajstić information content (AvgIpc) is 2.48. The van der Waals surface area contributed by atoms with E-state index in [1.807, 2.05) is 32.9 Å². The van der Waals surface area contributed by atoms with E-state index in [1.165, 1.54) is 12.8 Å². The van der Waals surface area contributed by atoms with Gasteiger partial charge in [0.05, 0.1) is 0 Å². The topological polar surface area (TPSA) is 67.4 Å². The number of nitrogens with zero attached hydrogens (tertiary/aromatic N) is 3. The van der Waals surface area contributed by atoms with Crippen LogP contribution < -0.4 is 10.2 Å². The van der Waals surface area contributed by atoms with Gasteiger partial charge in [0.1, 0.15) is 9.30 Å². The van der Waals surface area contributed by atoms with Gasteiger partial charge in [-0.25, -0.2) is 4.79 Å². The summed E-state index contributed by atoms with van der Waals surface area (Å²) in [5, 5.41) is 11.5. The van der Waals surface area contributed by atoms with E-state index in [-0.39, 0.29) is 12.1 Å². The Kier molecular flexibility index (Phi) is 7.27. The molecule has 2 atom stereocenters. The van der Waals surface area contributed by atoms with Crippen LogP contribution in [0.1, 0.15) is 59.3 Å². The molecule has 1 unspecified atom stereocenters. The fraction of sp³-hybridized carbons (Fsp3) is 0.722. The summed E-state index contributed by atoms with van der Waals surface area (Å²) in [5.74, 6) is 0.877. The second-order valence-electron chi connectivity index (χ2n) is 7.70. The molecule has 0 aromatic carbocycles. The van der Waals surface area contributed by atoms with Gasteiger partial charge in [0.2, 0.25) is 0 Å². The van der Waals surface area contributed by atoms with Crippen molar-refractivity contribution in [1.29, 1.82) is 0 Å². The molecule has 1 aromatic rings. The number of alkyl carbamates (subject to hydrolysis) is 1. The van der Waals surface area contributed by atoms with Crippen LogP contribution in [0.15, 0.2) is 12.1 Å². The van der Waals surface area contributed by atoms with Gasteiger partial charge in [-0.1, -0.05) is 19.3 Å². The lowest BCUT2D eigenvalue weighted by atomic mass is 9.92. The number of anilines is 1. The molecule has 1 aromatic heterocycles. The number of amides is 1. The highest BCUT2D eigenvalue weighted by molar-refractivity contribution is 14.1. The molecule has 1 aliphatic carbocycles. The minimum Gasteiger partial charge on any atom is -0.444 e. The number of nitrogens with one attached hydrogen (secondary N) is 1. The molecule has 1 N–H and O–H groups in total. The highest BCUT2D eigenvalue weighted by Crippen LogP contribution is 2.24. The second kappa shape index (κ2) is 9.00. The van der Waals surface area contributed by atoms with Crippen molar-refractivity contribution >= 4 is 34.5 Å². The number of rotatable bonds is 3. The molecule has 0 spiro atoms. The Morgan fingerprint density at radius 2 is 1.96 bits per heavy atom. The molecule has 0 bridgehead atoms. The van der Waals surface area contributed by atoms with Gasteiger partial charge in [-0.15, -0.1) is 10.2 Å². The van der Waals surface area contributed by atoms with E-state index in [0.29, 0.717) is 6.04 Å². The lowest BCUT2D eigenvalue weighted by Gasteiger charge is -2.34. The van der Waals surface area contributed by atoms with Gasteiger partial charge in [0, 0.05) is 19.1 Å². The molecule has 0 saturated heterocycles. The third-order valence-electron chi connectivity index (χ3n) is 4.39. The Bertz CT molecular complexity index is 559. The molecule has 6 nitrogen and oxygen atoms in total. The molecule has 0 radical (unpaired) electrons. The van der Waals surface area contributed by atoms with Gasteiger partial charge in [-0.05, 0) is 74.8 Å². The van der Waals surface area contributed by atoms with Crippen molar-refractivity contribution in [2.24, 2.45) is 0 Å². The van der Waals surface area contributed by atoms with Crippen LogP contribution in [-0.2, 0) is 4.74 Å². The molecule has 1 fully saturated rings. The van der Waals surface area contributed by atoms with Crippen LogP contribution in [0.2, 0.25) is 0 Å². The molecule has 1 heterocycles. The van der Waals surface area contributed by atoms with Crippen molar-refractivity contribution in [1.82, 2.24) is 15.5 Å². The molecular formula is C18H29IN4O2. The normalized spacial score (nSPS) is 21.8. The summed E-state index contributed by atoms with van der Waals surface area (Å²) in [4.78, 5) is 14.3. The predicted octanol–water partition coefficient (Wildman–Crippen LogP) is 4.13. The van der Waals surface area contributed by atoms with Gasteiger partial charge in [-0.2, -0.15) is 0 Å². The number of aromatic nitrogens is 2. The summed E-state index contributed by atoms with van der Waals surface area (Å²) in [6.45, 7) is 5.66. The summed E-state index contributed by atoms with van der Waals surface area (Å²) in [6.07, 6.45) is 6.18. The van der Waals surface area contributed by atoms with Crippen molar-refractivity contribution in [2.75, 3.05) is 11.9 Å². The Morgan fingerprint density at radius 3 is 2.60 bits per heavy atom. The molecule has 1 aliphatic rings. The smallest absolute Gasteiger partial charge is 0.407 e. The third kappa shape index (κ3) is 6.95. The van der Waals surface area contributed by atoms with Crippen molar-refractivity contribution in [2.45, 2.75) is 77.0 Å². The molecular weight excluding hydrogens is 431 g/mol. The lowest BCUT2D eigenvalue weighted by Crippen LogP contribution is -2.44. The first-order chi connectivity index (χ1) is 11.7. The van der Waals surface area contributed by atoms with Crippen LogP contribution in [0.25, 0.3) is 0 Å². The minimum absolute atomic E-state index is 0.124. The summed E-state index contributed by atoms with van der Waals surface area (Å²) in [5.41, 5.74) is -0.474. The maximum atomic E-state index is 12.1. The molecule has 2 rings (SSSR count). The number of hydrogen-bond acceptors (Lipinski definition) is 5. The van der Waals surface area contributed by atoms with Gasteiger partial charge >= 0.3 is 6.09 Å². The van der Waals surface area contributed by atoms with Crippen molar-refractivity contribution in [3.63, 3.8) is 0 Å². The zero-order valence-electron chi connectivity index (χ0n) is 15.6. The monoisotopic (exact) mass is 460 g/mol. The van der Waals surface area contributed by atoms with Crippen LogP contribution >= 0.6 is 22.6 Å². The third-order valence-corrected chi connectivity index (χ3v) is 4.97. The highest BCUT2D eigenvalue weighted by Gasteiger charge is 2.26. The summed E-state index contributed by atoms with van der Waals surface area (Å²) in [7, 11) is 2.06. The van der Waals surface area contributed by atoms with Gasteiger partial charge in [-0.3, -0.25) is 0 Å². The Balaban J connectivity index is 2.02. The van der Waals surface area contributed by atoms with Crippen LogP contribution in [-0.4, -0.2) is 41.0 Å². The summed E-state index contributed by atoms with van der Waals surface area (Å²) < 4.78 is 6.31. The molecule has 0 aliphatic heterocycles. The van der Waals surface area contributed by atoms with E-state index in [4.69, 9.17) is 4.74 Å². The van der Waals surface area contributed by atoms with Crippen molar-refractivity contribution < 1.29 is 9.53 Å². The summed E-state index contributed by atoms with van der Waals surface area (Å²) in [6, 6.07) is 4.43. The Labute approximate surface area is 164 Å². The number of carbonyl (C=O) groups is 1. The fourth-order valence-electron chi connectivity index (χ4n) is 3.15.